The second kappa shape index (κ2) is 9.18. The van der Waals surface area contributed by atoms with E-state index in [1.165, 1.54) is 18.6 Å². The van der Waals surface area contributed by atoms with Gasteiger partial charge in [-0.15, -0.1) is 5.10 Å². The van der Waals surface area contributed by atoms with Gasteiger partial charge in [0.1, 0.15) is 11.6 Å². The Bertz CT molecular complexity index is 747. The minimum atomic E-state index is -4.57. The quantitative estimate of drug-likeness (QED) is 0.739. The van der Waals surface area contributed by atoms with Crippen LogP contribution in [0.25, 0.3) is 0 Å². The van der Waals surface area contributed by atoms with Crippen LogP contribution in [0.15, 0.2) is 12.1 Å². The van der Waals surface area contributed by atoms with Crippen molar-refractivity contribution in [3.8, 4) is 0 Å². The number of carbonyl (C=O) groups excluding carboxylic acids is 1. The number of alkyl halides is 3. The first-order chi connectivity index (χ1) is 14.4. The molecule has 1 saturated carbocycles. The first-order valence-electron chi connectivity index (χ1n) is 10.8. The summed E-state index contributed by atoms with van der Waals surface area (Å²) in [4.78, 5) is 16.7. The summed E-state index contributed by atoms with van der Waals surface area (Å²) < 4.78 is 44.1. The van der Waals surface area contributed by atoms with Crippen molar-refractivity contribution < 1.29 is 22.7 Å². The first-order valence-corrected chi connectivity index (χ1v) is 10.8. The van der Waals surface area contributed by atoms with Gasteiger partial charge in [0.25, 0.3) is 0 Å². The Labute approximate surface area is 181 Å². The van der Waals surface area contributed by atoms with Gasteiger partial charge in [0.05, 0.1) is 11.7 Å². The van der Waals surface area contributed by atoms with E-state index in [0.29, 0.717) is 31.4 Å². The van der Waals surface area contributed by atoms with Crippen molar-refractivity contribution in [2.75, 3.05) is 24.5 Å². The Kier molecular flexibility index (Phi) is 6.98. The van der Waals surface area contributed by atoms with Gasteiger partial charge in [-0.25, -0.2) is 4.79 Å². The van der Waals surface area contributed by atoms with Crippen LogP contribution < -0.4 is 10.6 Å². The minimum absolute atomic E-state index is 0.0527. The second-order valence-electron chi connectivity index (χ2n) is 9.51. The van der Waals surface area contributed by atoms with E-state index >= 15 is 0 Å². The summed E-state index contributed by atoms with van der Waals surface area (Å²) in [5.74, 6) is 0.974. The van der Waals surface area contributed by atoms with E-state index in [4.69, 9.17) is 10.5 Å². The molecule has 10 heteroatoms. The Balaban J connectivity index is 1.71. The molecule has 1 amide bonds. The Morgan fingerprint density at radius 2 is 1.94 bits per heavy atom. The molecule has 2 aliphatic rings. The number of hydrogen-bond acceptors (Lipinski definition) is 6. The predicted molar refractivity (Wildman–Crippen MR) is 111 cm³/mol. The molecule has 2 atom stereocenters. The Morgan fingerprint density at radius 1 is 1.23 bits per heavy atom. The van der Waals surface area contributed by atoms with Crippen LogP contribution >= 0.6 is 0 Å². The van der Waals surface area contributed by atoms with Crippen molar-refractivity contribution in [3.63, 3.8) is 0 Å². The minimum Gasteiger partial charge on any atom is -0.444 e. The summed E-state index contributed by atoms with van der Waals surface area (Å²) in [5, 5.41) is 7.69. The van der Waals surface area contributed by atoms with Crippen LogP contribution in [0.3, 0.4) is 0 Å². The number of nitrogens with two attached hydrogens (primary N) is 1. The van der Waals surface area contributed by atoms with Crippen molar-refractivity contribution in [1.29, 1.82) is 0 Å². The van der Waals surface area contributed by atoms with Crippen LogP contribution in [0.2, 0.25) is 0 Å². The molecular weight excluding hydrogens is 411 g/mol. The number of halogens is 3. The fraction of sp³-hybridized carbons (Fsp3) is 0.762. The number of rotatable bonds is 5. The summed E-state index contributed by atoms with van der Waals surface area (Å²) in [6.07, 6.45) is 0.203. The molecule has 1 aliphatic heterocycles. The molecule has 2 fully saturated rings. The number of ether oxygens (including phenoxy) is 1. The molecule has 2 heterocycles. The van der Waals surface area contributed by atoms with Gasteiger partial charge in [-0.05, 0) is 64.5 Å². The van der Waals surface area contributed by atoms with Gasteiger partial charge in [-0.3, -0.25) is 0 Å². The highest BCUT2D eigenvalue weighted by atomic mass is 19.4. The highest BCUT2D eigenvalue weighted by Crippen LogP contribution is 2.32. The van der Waals surface area contributed by atoms with Crippen LogP contribution in [-0.2, 0) is 4.74 Å². The van der Waals surface area contributed by atoms with Gasteiger partial charge in [0.15, 0.2) is 5.82 Å². The molecule has 0 radical (unpaired) electrons. The number of hydrogen-bond donors (Lipinski definition) is 1. The Hall–Kier alpha value is -2.10. The van der Waals surface area contributed by atoms with Gasteiger partial charge in [0, 0.05) is 19.6 Å². The van der Waals surface area contributed by atoms with Crippen LogP contribution in [0, 0.1) is 5.92 Å². The van der Waals surface area contributed by atoms with Gasteiger partial charge in [-0.2, -0.15) is 18.3 Å². The fourth-order valence-corrected chi connectivity index (χ4v) is 3.90. The molecule has 2 N–H and O–H groups in total. The van der Waals surface area contributed by atoms with Crippen LogP contribution in [0.5, 0.6) is 0 Å². The predicted octanol–water partition coefficient (Wildman–Crippen LogP) is 4.04. The zero-order valence-corrected chi connectivity index (χ0v) is 18.4. The maximum Gasteiger partial charge on any atom is 0.410 e. The molecule has 3 rings (SSSR count). The monoisotopic (exact) mass is 443 g/mol. The first kappa shape index (κ1) is 23.6. The number of carbonyl (C=O) groups is 1. The molecule has 1 aromatic rings. The third-order valence-corrected chi connectivity index (χ3v) is 5.81. The molecule has 1 aromatic heterocycles. The van der Waals surface area contributed by atoms with Gasteiger partial charge >= 0.3 is 12.3 Å². The molecule has 0 bridgehead atoms. The highest BCUT2D eigenvalue weighted by molar-refractivity contribution is 5.68. The number of piperidine rings is 1. The standard InChI is InChI=1S/C21H32F3N5O2/c1-20(2,3)31-19(30)29(12-14-6-4-7-14)15-8-5-11-28(13-15)17-10-9-16(26-27-17)18(25)21(22,23)24/h9-10,14-15,18H,4-8,11-13,25H2,1-3H3/t15-,18?/m1/s1. The molecule has 0 spiro atoms. The fourth-order valence-electron chi connectivity index (χ4n) is 3.90. The van der Waals surface area contributed by atoms with Crippen LogP contribution in [0.1, 0.15) is 64.6 Å². The summed E-state index contributed by atoms with van der Waals surface area (Å²) in [6, 6.07) is 0.570. The maximum atomic E-state index is 12.9. The van der Waals surface area contributed by atoms with Gasteiger partial charge < -0.3 is 20.3 Å². The zero-order valence-electron chi connectivity index (χ0n) is 18.4. The van der Waals surface area contributed by atoms with E-state index < -0.39 is 17.8 Å². The molecule has 174 valence electrons. The second-order valence-corrected chi connectivity index (χ2v) is 9.51. The summed E-state index contributed by atoms with van der Waals surface area (Å²) in [5.41, 5.74) is 4.32. The van der Waals surface area contributed by atoms with Crippen molar-refractivity contribution >= 4 is 11.9 Å². The summed E-state index contributed by atoms with van der Waals surface area (Å²) >= 11 is 0. The van der Waals surface area contributed by atoms with E-state index in [1.54, 1.807) is 0 Å². The average molecular weight is 444 g/mol. The number of amides is 1. The zero-order chi connectivity index (χ0) is 22.8. The lowest BCUT2D eigenvalue weighted by atomic mass is 9.84. The number of aromatic nitrogens is 2. The van der Waals surface area contributed by atoms with Gasteiger partial charge in [-0.1, -0.05) is 6.42 Å². The molecule has 1 saturated heterocycles. The van der Waals surface area contributed by atoms with E-state index in [1.807, 2.05) is 30.6 Å². The van der Waals surface area contributed by atoms with Gasteiger partial charge in [0.2, 0.25) is 0 Å². The molecule has 7 nitrogen and oxygen atoms in total. The van der Waals surface area contributed by atoms with Crippen LogP contribution in [-0.4, -0.2) is 58.6 Å². The van der Waals surface area contributed by atoms with Crippen molar-refractivity contribution in [2.24, 2.45) is 11.7 Å². The largest absolute Gasteiger partial charge is 0.444 e. The molecule has 0 aromatic carbocycles. The lowest BCUT2D eigenvalue weighted by Gasteiger charge is -2.42. The van der Waals surface area contributed by atoms with E-state index in [0.717, 1.165) is 25.7 Å². The SMILES string of the molecule is CC(C)(C)OC(=O)N(CC1CCC1)[C@@H]1CCCN(c2ccc(C(N)C(F)(F)F)nn2)C1. The number of anilines is 1. The molecule has 31 heavy (non-hydrogen) atoms. The summed E-state index contributed by atoms with van der Waals surface area (Å²) in [6.45, 7) is 7.44. The smallest absolute Gasteiger partial charge is 0.410 e. The molecule has 1 aliphatic carbocycles. The highest BCUT2D eigenvalue weighted by Gasteiger charge is 2.39. The average Bonchev–Trinajstić information content (AvgIpc) is 2.64. The third kappa shape index (κ3) is 6.21. The van der Waals surface area contributed by atoms with E-state index in [-0.39, 0.29) is 17.8 Å². The normalized spacial score (nSPS) is 21.4. The topological polar surface area (TPSA) is 84.6 Å². The van der Waals surface area contributed by atoms with Crippen LogP contribution in [0.4, 0.5) is 23.8 Å². The van der Waals surface area contributed by atoms with Crippen molar-refractivity contribution in [2.45, 2.75) is 76.7 Å². The lowest BCUT2D eigenvalue weighted by molar-refractivity contribution is -0.150. The third-order valence-electron chi connectivity index (χ3n) is 5.81. The number of nitrogens with zero attached hydrogens (tertiary/aromatic N) is 4. The van der Waals surface area contributed by atoms with E-state index in [2.05, 4.69) is 10.2 Å². The van der Waals surface area contributed by atoms with Crippen molar-refractivity contribution in [3.05, 3.63) is 17.8 Å². The van der Waals surface area contributed by atoms with E-state index in [9.17, 15) is 18.0 Å². The molecule has 1 unspecified atom stereocenters. The maximum absolute atomic E-state index is 12.9. The molecular formula is C21H32F3N5O2. The van der Waals surface area contributed by atoms with Crippen molar-refractivity contribution in [1.82, 2.24) is 15.1 Å². The Morgan fingerprint density at radius 3 is 2.45 bits per heavy atom. The lowest BCUT2D eigenvalue weighted by Crippen LogP contribution is -2.53. The summed E-state index contributed by atoms with van der Waals surface area (Å²) in [7, 11) is 0.